The zero-order valence-corrected chi connectivity index (χ0v) is 12.1. The average Bonchev–Trinajstić information content (AvgIpc) is 2.45. The maximum Gasteiger partial charge on any atom is 0.133 e. The fourth-order valence-electron chi connectivity index (χ4n) is 2.43. The first-order valence-corrected chi connectivity index (χ1v) is 6.99. The van der Waals surface area contributed by atoms with Gasteiger partial charge in [0.1, 0.15) is 5.82 Å². The van der Waals surface area contributed by atoms with Crippen LogP contribution in [0.5, 0.6) is 0 Å². The lowest BCUT2D eigenvalue weighted by Crippen LogP contribution is -2.30. The molecule has 2 rings (SSSR count). The number of benzene rings is 1. The Morgan fingerprint density at radius 3 is 2.74 bits per heavy atom. The summed E-state index contributed by atoms with van der Waals surface area (Å²) in [6.45, 7) is 4.97. The smallest absolute Gasteiger partial charge is 0.133 e. The van der Waals surface area contributed by atoms with Crippen molar-refractivity contribution in [3.05, 3.63) is 35.9 Å². The quantitative estimate of drug-likeness (QED) is 0.893. The number of hydrogen-bond donors (Lipinski definition) is 1. The summed E-state index contributed by atoms with van der Waals surface area (Å²) in [4.78, 5) is 7.04. The van der Waals surface area contributed by atoms with Gasteiger partial charge in [-0.25, -0.2) is 4.98 Å². The van der Waals surface area contributed by atoms with Gasteiger partial charge in [-0.3, -0.25) is 0 Å². The minimum atomic E-state index is 0.476. The second-order valence-corrected chi connectivity index (χ2v) is 5.12. The van der Waals surface area contributed by atoms with E-state index in [4.69, 9.17) is 10.7 Å². The monoisotopic (exact) mass is 257 g/mol. The maximum atomic E-state index is 5.89. The molecule has 1 heterocycles. The van der Waals surface area contributed by atoms with Crippen LogP contribution in [-0.2, 0) is 6.54 Å². The highest BCUT2D eigenvalue weighted by atomic mass is 15.2. The predicted octanol–water partition coefficient (Wildman–Crippen LogP) is 3.32. The summed E-state index contributed by atoms with van der Waals surface area (Å²) in [5.41, 5.74) is 8.03. The van der Waals surface area contributed by atoms with Crippen LogP contribution < -0.4 is 10.6 Å². The highest BCUT2D eigenvalue weighted by Crippen LogP contribution is 2.24. The molecule has 3 heteroatoms. The largest absolute Gasteiger partial charge is 0.357 e. The normalized spacial score (nSPS) is 12.6. The van der Waals surface area contributed by atoms with Crippen LogP contribution in [0.3, 0.4) is 0 Å². The van der Waals surface area contributed by atoms with Crippen molar-refractivity contribution in [1.82, 2.24) is 4.98 Å². The molecule has 1 aromatic heterocycles. The van der Waals surface area contributed by atoms with E-state index in [0.29, 0.717) is 12.6 Å². The molecule has 0 aliphatic rings. The van der Waals surface area contributed by atoms with Crippen molar-refractivity contribution in [2.24, 2.45) is 5.73 Å². The molecule has 0 fully saturated rings. The van der Waals surface area contributed by atoms with Crippen molar-refractivity contribution in [2.75, 3.05) is 11.9 Å². The molecule has 1 atom stereocenters. The summed E-state index contributed by atoms with van der Waals surface area (Å²) in [5, 5.41) is 1.16. The topological polar surface area (TPSA) is 42.2 Å². The van der Waals surface area contributed by atoms with E-state index in [9.17, 15) is 0 Å². The Balaban J connectivity index is 2.45. The Morgan fingerprint density at radius 2 is 2.05 bits per heavy atom. The van der Waals surface area contributed by atoms with Crippen LogP contribution in [0.1, 0.15) is 32.3 Å². The molecule has 0 aliphatic carbocycles. The number of rotatable bonds is 5. The number of nitrogens with two attached hydrogens (primary N) is 1. The molecule has 0 aliphatic heterocycles. The first-order chi connectivity index (χ1) is 9.17. The summed E-state index contributed by atoms with van der Waals surface area (Å²) in [6, 6.07) is 10.8. The standard InChI is InChI=1S/C16H23N3/c1-4-7-12(2)19(3)16-14(11-17)10-13-8-5-6-9-15(13)18-16/h5-6,8-10,12H,4,7,11,17H2,1-3H3. The number of anilines is 1. The SMILES string of the molecule is CCCC(C)N(C)c1nc2ccccc2cc1CN. The lowest BCUT2D eigenvalue weighted by molar-refractivity contribution is 0.610. The lowest BCUT2D eigenvalue weighted by Gasteiger charge is -2.28. The predicted molar refractivity (Wildman–Crippen MR) is 82.4 cm³/mol. The van der Waals surface area contributed by atoms with Crippen LogP contribution in [-0.4, -0.2) is 18.1 Å². The van der Waals surface area contributed by atoms with Gasteiger partial charge in [-0.2, -0.15) is 0 Å². The molecule has 0 amide bonds. The molecular weight excluding hydrogens is 234 g/mol. The molecule has 0 saturated carbocycles. The van der Waals surface area contributed by atoms with Crippen LogP contribution in [0, 0.1) is 0 Å². The fraction of sp³-hybridized carbons (Fsp3) is 0.438. The van der Waals surface area contributed by atoms with Crippen molar-refractivity contribution in [1.29, 1.82) is 0 Å². The third-order valence-electron chi connectivity index (χ3n) is 3.70. The van der Waals surface area contributed by atoms with Crippen LogP contribution in [0.2, 0.25) is 0 Å². The van der Waals surface area contributed by atoms with Crippen molar-refractivity contribution >= 4 is 16.7 Å². The van der Waals surface area contributed by atoms with E-state index in [2.05, 4.69) is 44.0 Å². The number of nitrogens with zero attached hydrogens (tertiary/aromatic N) is 2. The first-order valence-electron chi connectivity index (χ1n) is 6.99. The highest BCUT2D eigenvalue weighted by molar-refractivity contribution is 5.81. The van der Waals surface area contributed by atoms with E-state index in [-0.39, 0.29) is 0 Å². The Bertz CT molecular complexity index is 551. The maximum absolute atomic E-state index is 5.89. The van der Waals surface area contributed by atoms with Crippen LogP contribution in [0.25, 0.3) is 10.9 Å². The van der Waals surface area contributed by atoms with Gasteiger partial charge in [-0.15, -0.1) is 0 Å². The summed E-state index contributed by atoms with van der Waals surface area (Å²) < 4.78 is 0. The van der Waals surface area contributed by atoms with Crippen LogP contribution in [0.4, 0.5) is 5.82 Å². The Labute approximate surface area is 115 Å². The Hall–Kier alpha value is -1.61. The average molecular weight is 257 g/mol. The van der Waals surface area contributed by atoms with Gasteiger partial charge in [0, 0.05) is 30.6 Å². The van der Waals surface area contributed by atoms with Crippen LogP contribution >= 0.6 is 0 Å². The number of fused-ring (bicyclic) bond motifs is 1. The molecule has 2 N–H and O–H groups in total. The van der Waals surface area contributed by atoms with Gasteiger partial charge in [0.15, 0.2) is 0 Å². The summed E-state index contributed by atoms with van der Waals surface area (Å²) in [7, 11) is 2.11. The third-order valence-corrected chi connectivity index (χ3v) is 3.70. The molecular formula is C16H23N3. The lowest BCUT2D eigenvalue weighted by atomic mass is 10.1. The van der Waals surface area contributed by atoms with E-state index in [0.717, 1.165) is 28.7 Å². The van der Waals surface area contributed by atoms with E-state index >= 15 is 0 Å². The van der Waals surface area contributed by atoms with Gasteiger partial charge in [-0.1, -0.05) is 31.5 Å². The molecule has 1 aromatic carbocycles. The van der Waals surface area contributed by atoms with E-state index < -0.39 is 0 Å². The minimum absolute atomic E-state index is 0.476. The molecule has 0 bridgehead atoms. The summed E-state index contributed by atoms with van der Waals surface area (Å²) in [5.74, 6) is 1.02. The van der Waals surface area contributed by atoms with Crippen molar-refractivity contribution in [3.8, 4) is 0 Å². The molecule has 2 aromatic rings. The summed E-state index contributed by atoms with van der Waals surface area (Å²) >= 11 is 0. The van der Waals surface area contributed by atoms with Crippen molar-refractivity contribution < 1.29 is 0 Å². The van der Waals surface area contributed by atoms with Crippen LogP contribution in [0.15, 0.2) is 30.3 Å². The molecule has 0 radical (unpaired) electrons. The van der Waals surface area contributed by atoms with Gasteiger partial charge < -0.3 is 10.6 Å². The van der Waals surface area contributed by atoms with E-state index in [1.54, 1.807) is 0 Å². The molecule has 0 spiro atoms. The van der Waals surface area contributed by atoms with Gasteiger partial charge >= 0.3 is 0 Å². The molecule has 0 saturated heterocycles. The van der Waals surface area contributed by atoms with E-state index in [1.807, 2.05) is 12.1 Å². The van der Waals surface area contributed by atoms with E-state index in [1.165, 1.54) is 6.42 Å². The second-order valence-electron chi connectivity index (χ2n) is 5.12. The third kappa shape index (κ3) is 2.87. The first kappa shape index (κ1) is 13.8. The molecule has 3 nitrogen and oxygen atoms in total. The molecule has 1 unspecified atom stereocenters. The Morgan fingerprint density at radius 1 is 1.32 bits per heavy atom. The number of hydrogen-bond acceptors (Lipinski definition) is 3. The van der Waals surface area contributed by atoms with Crippen molar-refractivity contribution in [2.45, 2.75) is 39.3 Å². The minimum Gasteiger partial charge on any atom is -0.357 e. The zero-order valence-electron chi connectivity index (χ0n) is 12.1. The molecule has 19 heavy (non-hydrogen) atoms. The molecule has 102 valence electrons. The van der Waals surface area contributed by atoms with Gasteiger partial charge in [0.2, 0.25) is 0 Å². The van der Waals surface area contributed by atoms with Gasteiger partial charge in [0.05, 0.1) is 5.52 Å². The number of para-hydroxylation sites is 1. The van der Waals surface area contributed by atoms with Gasteiger partial charge in [0.25, 0.3) is 0 Å². The number of aromatic nitrogens is 1. The highest BCUT2D eigenvalue weighted by Gasteiger charge is 2.14. The summed E-state index contributed by atoms with van der Waals surface area (Å²) in [6.07, 6.45) is 2.34. The zero-order chi connectivity index (χ0) is 13.8. The fourth-order valence-corrected chi connectivity index (χ4v) is 2.43. The van der Waals surface area contributed by atoms with Gasteiger partial charge in [-0.05, 0) is 25.5 Å². The second kappa shape index (κ2) is 6.02. The Kier molecular flexibility index (Phi) is 4.38. The number of pyridine rings is 1. The van der Waals surface area contributed by atoms with Crippen molar-refractivity contribution in [3.63, 3.8) is 0 Å².